The van der Waals surface area contributed by atoms with Gasteiger partial charge in [0, 0.05) is 18.2 Å². The summed E-state index contributed by atoms with van der Waals surface area (Å²) in [6.45, 7) is 0.330. The van der Waals surface area contributed by atoms with E-state index in [1.54, 1.807) is 18.4 Å². The molecule has 2 heterocycles. The first kappa shape index (κ1) is 23.7. The molecule has 1 aliphatic carbocycles. The third-order valence-corrected chi connectivity index (χ3v) is 7.40. The Morgan fingerprint density at radius 3 is 2.58 bits per heavy atom. The van der Waals surface area contributed by atoms with Crippen molar-refractivity contribution in [1.82, 2.24) is 19.5 Å². The van der Waals surface area contributed by atoms with Crippen LogP contribution in [0.1, 0.15) is 54.1 Å². The van der Waals surface area contributed by atoms with Crippen LogP contribution in [0.3, 0.4) is 0 Å². The van der Waals surface area contributed by atoms with E-state index in [4.69, 9.17) is 4.42 Å². The fourth-order valence-electron chi connectivity index (χ4n) is 4.07. The van der Waals surface area contributed by atoms with Gasteiger partial charge in [-0.3, -0.25) is 9.36 Å². The number of carbonyl (C=O) groups is 1. The summed E-state index contributed by atoms with van der Waals surface area (Å²) in [6.07, 6.45) is 9.08. The average molecular weight is 489 g/mol. The molecule has 2 aromatic heterocycles. The first-order chi connectivity index (χ1) is 15.9. The molecule has 0 saturated heterocycles. The third kappa shape index (κ3) is 6.33. The second-order valence-electron chi connectivity index (χ2n) is 8.27. The first-order valence-electron chi connectivity index (χ1n) is 11.1. The van der Waals surface area contributed by atoms with E-state index in [-0.39, 0.29) is 11.5 Å². The molecule has 8 nitrogen and oxygen atoms in total. The predicted molar refractivity (Wildman–Crippen MR) is 128 cm³/mol. The summed E-state index contributed by atoms with van der Waals surface area (Å²) in [5, 5.41) is 9.51. The summed E-state index contributed by atoms with van der Waals surface area (Å²) >= 11 is 1.40. The number of nitrogens with one attached hydrogen (secondary N) is 1. The van der Waals surface area contributed by atoms with Gasteiger partial charge in [0.25, 0.3) is 0 Å². The van der Waals surface area contributed by atoms with Crippen molar-refractivity contribution in [3.63, 3.8) is 0 Å². The number of sulfonamides is 1. The Morgan fingerprint density at radius 1 is 1.15 bits per heavy atom. The van der Waals surface area contributed by atoms with Crippen molar-refractivity contribution in [2.24, 2.45) is 0 Å². The van der Waals surface area contributed by atoms with Crippen LogP contribution in [0.5, 0.6) is 0 Å². The van der Waals surface area contributed by atoms with Gasteiger partial charge in [-0.2, -0.15) is 0 Å². The maximum absolute atomic E-state index is 12.8. The molecule has 0 bridgehead atoms. The number of rotatable bonds is 10. The lowest BCUT2D eigenvalue weighted by Gasteiger charge is -2.25. The summed E-state index contributed by atoms with van der Waals surface area (Å²) in [5.41, 5.74) is 1.59. The van der Waals surface area contributed by atoms with E-state index in [1.807, 2.05) is 24.3 Å². The quantitative estimate of drug-likeness (QED) is 0.338. The van der Waals surface area contributed by atoms with Crippen molar-refractivity contribution < 1.29 is 17.6 Å². The highest BCUT2D eigenvalue weighted by Gasteiger charge is 2.25. The molecule has 10 heteroatoms. The van der Waals surface area contributed by atoms with Crippen molar-refractivity contribution in [3.8, 4) is 11.6 Å². The van der Waals surface area contributed by atoms with Crippen LogP contribution in [0, 0.1) is 0 Å². The average Bonchev–Trinajstić information content (AvgIpc) is 3.47. The number of aromatic nitrogens is 3. The van der Waals surface area contributed by atoms with Crippen molar-refractivity contribution in [1.29, 1.82) is 0 Å². The number of carbonyl (C=O) groups excluding carboxylic acids is 1. The Labute approximate surface area is 198 Å². The van der Waals surface area contributed by atoms with Gasteiger partial charge in [-0.1, -0.05) is 55.3 Å². The first-order valence-corrected chi connectivity index (χ1v) is 14.0. The number of benzene rings is 1. The Hall–Kier alpha value is -2.43. The molecule has 0 atom stereocenters. The van der Waals surface area contributed by atoms with Crippen molar-refractivity contribution in [3.05, 3.63) is 53.8 Å². The molecule has 0 unspecified atom stereocenters. The van der Waals surface area contributed by atoms with Crippen molar-refractivity contribution in [2.75, 3.05) is 18.6 Å². The van der Waals surface area contributed by atoms with E-state index < -0.39 is 10.0 Å². The largest absolute Gasteiger partial charge is 0.461 e. The Bertz CT molecular complexity index is 1170. The molecule has 4 rings (SSSR count). The highest BCUT2D eigenvalue weighted by atomic mass is 32.2. The molecule has 1 aromatic carbocycles. The molecule has 1 saturated carbocycles. The van der Waals surface area contributed by atoms with Crippen LogP contribution in [0.4, 0.5) is 0 Å². The predicted octanol–water partition coefficient (Wildman–Crippen LogP) is 4.11. The number of nitrogens with zero attached hydrogens (tertiary/aromatic N) is 3. The molecule has 0 radical (unpaired) electrons. The van der Waals surface area contributed by atoms with Gasteiger partial charge in [0.2, 0.25) is 15.8 Å². The Morgan fingerprint density at radius 2 is 1.91 bits per heavy atom. The third-order valence-electron chi connectivity index (χ3n) is 5.73. The number of hydrogen-bond donors (Lipinski definition) is 1. The number of Topliss-reactive ketones (excluding diaryl/α,β-unsaturated/α-hetero) is 1. The zero-order valence-corrected chi connectivity index (χ0v) is 20.2. The van der Waals surface area contributed by atoms with E-state index in [2.05, 4.69) is 19.5 Å². The van der Waals surface area contributed by atoms with Crippen LogP contribution in [0.15, 0.2) is 52.2 Å². The lowest BCUT2D eigenvalue weighted by atomic mass is 9.95. The minimum absolute atomic E-state index is 0.0125. The van der Waals surface area contributed by atoms with E-state index in [0.717, 1.165) is 29.8 Å². The van der Waals surface area contributed by atoms with Gasteiger partial charge in [-0.25, -0.2) is 13.1 Å². The second-order valence-corrected chi connectivity index (χ2v) is 11.0. The summed E-state index contributed by atoms with van der Waals surface area (Å²) in [4.78, 5) is 12.8. The maximum Gasteiger partial charge on any atom is 0.208 e. The molecular formula is C23H28N4O4S2. The van der Waals surface area contributed by atoms with Crippen LogP contribution in [-0.2, 0) is 16.4 Å². The van der Waals surface area contributed by atoms with Crippen LogP contribution in [0.2, 0.25) is 0 Å². The van der Waals surface area contributed by atoms with Gasteiger partial charge in [0.05, 0.1) is 18.3 Å². The minimum Gasteiger partial charge on any atom is -0.461 e. The van der Waals surface area contributed by atoms with E-state index >= 15 is 0 Å². The standard InChI is InChI=1S/C23H28N4O4S2/c1-33(29,30)24-14-13-17-9-11-18(12-10-17)20(28)16-32-23-26-25-22(21-8-5-15-31-21)27(23)19-6-3-2-4-7-19/h5,8-12,15,19,24H,2-4,6-7,13-14,16H2,1H3. The minimum atomic E-state index is -3.20. The van der Waals surface area contributed by atoms with E-state index in [9.17, 15) is 13.2 Å². The van der Waals surface area contributed by atoms with Crippen LogP contribution < -0.4 is 4.72 Å². The van der Waals surface area contributed by atoms with Crippen molar-refractivity contribution >= 4 is 27.6 Å². The molecule has 1 aliphatic rings. The lowest BCUT2D eigenvalue weighted by molar-refractivity contribution is 0.102. The topological polar surface area (TPSA) is 107 Å². The molecule has 176 valence electrons. The summed E-state index contributed by atoms with van der Waals surface area (Å²) in [7, 11) is -3.20. The van der Waals surface area contributed by atoms with Crippen molar-refractivity contribution in [2.45, 2.75) is 49.7 Å². The maximum atomic E-state index is 12.8. The van der Waals surface area contributed by atoms with Crippen LogP contribution in [0.25, 0.3) is 11.6 Å². The molecule has 0 spiro atoms. The summed E-state index contributed by atoms with van der Waals surface area (Å²) < 4.78 is 32.5. The SMILES string of the molecule is CS(=O)(=O)NCCc1ccc(C(=O)CSc2nnc(-c3ccco3)n2C2CCCCC2)cc1. The summed E-state index contributed by atoms with van der Waals surface area (Å²) in [6, 6.07) is 11.3. The molecule has 0 aliphatic heterocycles. The summed E-state index contributed by atoms with van der Waals surface area (Å²) in [5.74, 6) is 1.68. The highest BCUT2D eigenvalue weighted by Crippen LogP contribution is 2.35. The molecule has 33 heavy (non-hydrogen) atoms. The smallest absolute Gasteiger partial charge is 0.208 e. The molecule has 1 fully saturated rings. The normalized spacial score (nSPS) is 15.1. The zero-order chi connectivity index (χ0) is 23.3. The number of furan rings is 1. The Balaban J connectivity index is 1.42. The second kappa shape index (κ2) is 10.7. The Kier molecular flexibility index (Phi) is 7.67. The van der Waals surface area contributed by atoms with Crippen LogP contribution >= 0.6 is 11.8 Å². The van der Waals surface area contributed by atoms with E-state index in [1.165, 1.54) is 31.0 Å². The van der Waals surface area contributed by atoms with Gasteiger partial charge >= 0.3 is 0 Å². The highest BCUT2D eigenvalue weighted by molar-refractivity contribution is 7.99. The fraction of sp³-hybridized carbons (Fsp3) is 0.435. The van der Waals surface area contributed by atoms with Gasteiger partial charge in [-0.05, 0) is 37.0 Å². The van der Waals surface area contributed by atoms with E-state index in [0.29, 0.717) is 36.2 Å². The number of hydrogen-bond acceptors (Lipinski definition) is 7. The molecule has 1 N–H and O–H groups in total. The van der Waals surface area contributed by atoms with Gasteiger partial charge < -0.3 is 4.42 Å². The monoisotopic (exact) mass is 488 g/mol. The zero-order valence-electron chi connectivity index (χ0n) is 18.6. The van der Waals surface area contributed by atoms with Gasteiger partial charge in [0.15, 0.2) is 16.7 Å². The van der Waals surface area contributed by atoms with Gasteiger partial charge in [-0.15, -0.1) is 10.2 Å². The molecule has 3 aromatic rings. The van der Waals surface area contributed by atoms with Gasteiger partial charge in [0.1, 0.15) is 0 Å². The molecular weight excluding hydrogens is 460 g/mol. The molecule has 0 amide bonds. The fourth-order valence-corrected chi connectivity index (χ4v) is 5.44. The number of thioether (sulfide) groups is 1. The number of ketones is 1. The van der Waals surface area contributed by atoms with Crippen LogP contribution in [-0.4, -0.2) is 47.5 Å². The lowest BCUT2D eigenvalue weighted by Crippen LogP contribution is -2.24.